The molecule has 1 unspecified atom stereocenters. The van der Waals surface area contributed by atoms with Crippen LogP contribution in [0.2, 0.25) is 5.02 Å². The topological polar surface area (TPSA) is 62.2 Å². The number of pyridine rings is 1. The summed E-state index contributed by atoms with van der Waals surface area (Å²) < 4.78 is 0. The van der Waals surface area contributed by atoms with Gasteiger partial charge in [-0.1, -0.05) is 31.9 Å². The van der Waals surface area contributed by atoms with Gasteiger partial charge in [0.15, 0.2) is 0 Å². The number of halogens is 1. The summed E-state index contributed by atoms with van der Waals surface area (Å²) in [5.74, 6) is 0.0341. The standard InChI is InChI=1S/C11H15ClN2O2/c1-3-7(2)5-13-10-9(12)4-8(6-14-10)11(15)16/h4,6-7H,3,5H2,1-2H3,(H,13,14)(H,15,16). The van der Waals surface area contributed by atoms with Crippen molar-refractivity contribution in [2.45, 2.75) is 20.3 Å². The second-order valence-corrected chi connectivity index (χ2v) is 4.16. The summed E-state index contributed by atoms with van der Waals surface area (Å²) in [6.07, 6.45) is 2.37. The van der Waals surface area contributed by atoms with E-state index in [0.717, 1.165) is 13.0 Å². The van der Waals surface area contributed by atoms with Gasteiger partial charge in [0.25, 0.3) is 0 Å². The molecule has 0 radical (unpaired) electrons. The SMILES string of the molecule is CCC(C)CNc1ncc(C(=O)O)cc1Cl. The molecule has 1 rings (SSSR count). The van der Waals surface area contributed by atoms with Crippen LogP contribution in [0, 0.1) is 5.92 Å². The summed E-state index contributed by atoms with van der Waals surface area (Å²) >= 11 is 5.91. The molecule has 1 aromatic heterocycles. The lowest BCUT2D eigenvalue weighted by molar-refractivity contribution is 0.0696. The van der Waals surface area contributed by atoms with E-state index >= 15 is 0 Å². The summed E-state index contributed by atoms with van der Waals surface area (Å²) in [6.45, 7) is 5.00. The maximum atomic E-state index is 10.7. The van der Waals surface area contributed by atoms with Crippen molar-refractivity contribution >= 4 is 23.4 Å². The zero-order chi connectivity index (χ0) is 12.1. The Balaban J connectivity index is 2.72. The minimum absolute atomic E-state index is 0.0964. The second-order valence-electron chi connectivity index (χ2n) is 3.75. The van der Waals surface area contributed by atoms with Crippen LogP contribution in [0.25, 0.3) is 0 Å². The minimum atomic E-state index is -1.03. The van der Waals surface area contributed by atoms with Gasteiger partial charge in [0.05, 0.1) is 10.6 Å². The normalized spacial score (nSPS) is 12.2. The van der Waals surface area contributed by atoms with Crippen molar-refractivity contribution in [2.24, 2.45) is 5.92 Å². The van der Waals surface area contributed by atoms with Crippen LogP contribution in [-0.2, 0) is 0 Å². The fourth-order valence-corrected chi connectivity index (χ4v) is 1.33. The van der Waals surface area contributed by atoms with E-state index in [2.05, 4.69) is 24.1 Å². The molecule has 4 nitrogen and oxygen atoms in total. The molecule has 0 aromatic carbocycles. The number of hydrogen-bond acceptors (Lipinski definition) is 3. The zero-order valence-electron chi connectivity index (χ0n) is 9.33. The van der Waals surface area contributed by atoms with E-state index in [9.17, 15) is 4.79 Å². The van der Waals surface area contributed by atoms with E-state index in [1.165, 1.54) is 12.3 Å². The number of rotatable bonds is 5. The molecule has 2 N–H and O–H groups in total. The van der Waals surface area contributed by atoms with E-state index in [1.54, 1.807) is 0 Å². The highest BCUT2D eigenvalue weighted by atomic mass is 35.5. The van der Waals surface area contributed by atoms with E-state index < -0.39 is 5.97 Å². The first-order valence-corrected chi connectivity index (χ1v) is 5.55. The smallest absolute Gasteiger partial charge is 0.337 e. The molecule has 0 spiro atoms. The first-order valence-electron chi connectivity index (χ1n) is 5.17. The maximum absolute atomic E-state index is 10.7. The number of carbonyl (C=O) groups is 1. The quantitative estimate of drug-likeness (QED) is 0.834. The van der Waals surface area contributed by atoms with Crippen LogP contribution in [-0.4, -0.2) is 22.6 Å². The van der Waals surface area contributed by atoms with Gasteiger partial charge in [0, 0.05) is 12.7 Å². The number of carboxylic acid groups (broad SMARTS) is 1. The Morgan fingerprint density at radius 3 is 2.88 bits per heavy atom. The van der Waals surface area contributed by atoms with Gasteiger partial charge >= 0.3 is 5.97 Å². The number of aromatic nitrogens is 1. The van der Waals surface area contributed by atoms with Gasteiger partial charge in [-0.05, 0) is 12.0 Å². The molecule has 0 aliphatic rings. The average Bonchev–Trinajstić information content (AvgIpc) is 2.26. The highest BCUT2D eigenvalue weighted by molar-refractivity contribution is 6.33. The fraction of sp³-hybridized carbons (Fsp3) is 0.455. The van der Waals surface area contributed by atoms with Crippen molar-refractivity contribution in [3.8, 4) is 0 Å². The first-order chi connectivity index (χ1) is 7.54. The van der Waals surface area contributed by atoms with Crippen LogP contribution >= 0.6 is 11.6 Å². The molecule has 0 aliphatic carbocycles. The molecule has 1 atom stereocenters. The third kappa shape index (κ3) is 3.38. The monoisotopic (exact) mass is 242 g/mol. The lowest BCUT2D eigenvalue weighted by Crippen LogP contribution is -2.12. The van der Waals surface area contributed by atoms with Crippen molar-refractivity contribution in [3.05, 3.63) is 22.8 Å². The summed E-state index contributed by atoms with van der Waals surface area (Å²) in [4.78, 5) is 14.6. The van der Waals surface area contributed by atoms with Crippen molar-refractivity contribution in [1.82, 2.24) is 4.98 Å². The third-order valence-electron chi connectivity index (χ3n) is 2.40. The third-order valence-corrected chi connectivity index (χ3v) is 2.69. The number of anilines is 1. The van der Waals surface area contributed by atoms with Gasteiger partial charge in [-0.3, -0.25) is 0 Å². The highest BCUT2D eigenvalue weighted by Crippen LogP contribution is 2.20. The summed E-state index contributed by atoms with van der Waals surface area (Å²) in [6, 6.07) is 1.40. The van der Waals surface area contributed by atoms with E-state index in [1.807, 2.05) is 0 Å². The number of nitrogens with one attached hydrogen (secondary N) is 1. The summed E-state index contributed by atoms with van der Waals surface area (Å²) in [5, 5.41) is 12.2. The van der Waals surface area contributed by atoms with Crippen LogP contribution < -0.4 is 5.32 Å². The highest BCUT2D eigenvalue weighted by Gasteiger charge is 2.08. The summed E-state index contributed by atoms with van der Waals surface area (Å²) in [5.41, 5.74) is 0.0964. The molecule has 0 saturated carbocycles. The Kier molecular flexibility index (Phi) is 4.55. The average molecular weight is 243 g/mol. The van der Waals surface area contributed by atoms with E-state index in [0.29, 0.717) is 16.8 Å². The molecule has 1 heterocycles. The molecule has 0 saturated heterocycles. The van der Waals surface area contributed by atoms with Crippen molar-refractivity contribution in [2.75, 3.05) is 11.9 Å². The first kappa shape index (κ1) is 12.8. The molecule has 0 fully saturated rings. The van der Waals surface area contributed by atoms with Crippen LogP contribution in [0.4, 0.5) is 5.82 Å². The predicted octanol–water partition coefficient (Wildman–Crippen LogP) is 2.89. The number of carboxylic acids is 1. The van der Waals surface area contributed by atoms with Crippen LogP contribution in [0.5, 0.6) is 0 Å². The number of aromatic carboxylic acids is 1. The number of nitrogens with zero attached hydrogens (tertiary/aromatic N) is 1. The van der Waals surface area contributed by atoms with Crippen LogP contribution in [0.1, 0.15) is 30.6 Å². The molecule has 88 valence electrons. The molecule has 16 heavy (non-hydrogen) atoms. The van der Waals surface area contributed by atoms with Gasteiger partial charge < -0.3 is 10.4 Å². The molecule has 0 amide bonds. The molecular formula is C11H15ClN2O2. The van der Waals surface area contributed by atoms with Gasteiger partial charge in [0.2, 0.25) is 0 Å². The Morgan fingerprint density at radius 2 is 2.38 bits per heavy atom. The van der Waals surface area contributed by atoms with Crippen LogP contribution in [0.15, 0.2) is 12.3 Å². The van der Waals surface area contributed by atoms with Crippen molar-refractivity contribution < 1.29 is 9.90 Å². The van der Waals surface area contributed by atoms with Crippen molar-refractivity contribution in [3.63, 3.8) is 0 Å². The Hall–Kier alpha value is -1.29. The van der Waals surface area contributed by atoms with E-state index in [4.69, 9.17) is 16.7 Å². The number of hydrogen-bond donors (Lipinski definition) is 2. The Labute approximate surface area is 99.6 Å². The van der Waals surface area contributed by atoms with Gasteiger partial charge in [-0.15, -0.1) is 0 Å². The molecule has 0 aliphatic heterocycles. The van der Waals surface area contributed by atoms with E-state index in [-0.39, 0.29) is 5.56 Å². The molecule has 1 aromatic rings. The Bertz CT molecular complexity index is 382. The Morgan fingerprint density at radius 1 is 1.69 bits per heavy atom. The zero-order valence-corrected chi connectivity index (χ0v) is 10.1. The largest absolute Gasteiger partial charge is 0.478 e. The lowest BCUT2D eigenvalue weighted by atomic mass is 10.1. The minimum Gasteiger partial charge on any atom is -0.478 e. The molecule has 0 bridgehead atoms. The van der Waals surface area contributed by atoms with Gasteiger partial charge in [-0.25, -0.2) is 9.78 Å². The molecule has 5 heteroatoms. The van der Waals surface area contributed by atoms with Gasteiger partial charge in [0.1, 0.15) is 5.82 Å². The maximum Gasteiger partial charge on any atom is 0.337 e. The van der Waals surface area contributed by atoms with Crippen molar-refractivity contribution in [1.29, 1.82) is 0 Å². The van der Waals surface area contributed by atoms with Gasteiger partial charge in [-0.2, -0.15) is 0 Å². The van der Waals surface area contributed by atoms with Crippen LogP contribution in [0.3, 0.4) is 0 Å². The predicted molar refractivity (Wildman–Crippen MR) is 64.2 cm³/mol. The second kappa shape index (κ2) is 5.70. The summed E-state index contributed by atoms with van der Waals surface area (Å²) in [7, 11) is 0. The molecular weight excluding hydrogens is 228 g/mol. The fourth-order valence-electron chi connectivity index (χ4n) is 1.10. The lowest BCUT2D eigenvalue weighted by Gasteiger charge is -2.11.